The fraction of sp³-hybridized carbons (Fsp3) is 0.0588. The Morgan fingerprint density at radius 3 is 2.26 bits per heavy atom. The van der Waals surface area contributed by atoms with Gasteiger partial charge in [0.15, 0.2) is 0 Å². The molecule has 35 heavy (non-hydrogen) atoms. The number of fused-ring (bicyclic) bond motifs is 15. The van der Waals surface area contributed by atoms with Gasteiger partial charge >= 0.3 is 0 Å². The first-order valence-electron chi connectivity index (χ1n) is 12.5. The third-order valence-electron chi connectivity index (χ3n) is 8.39. The highest BCUT2D eigenvalue weighted by molar-refractivity contribution is 6.17. The fourth-order valence-corrected chi connectivity index (χ4v) is 6.92. The largest absolute Gasteiger partial charge is 0.309 e. The molecule has 0 saturated heterocycles. The van der Waals surface area contributed by atoms with Gasteiger partial charge in [-0.2, -0.15) is 0 Å². The third-order valence-corrected chi connectivity index (χ3v) is 8.39. The van der Waals surface area contributed by atoms with Crippen molar-refractivity contribution in [1.29, 1.82) is 0 Å². The van der Waals surface area contributed by atoms with Crippen molar-refractivity contribution >= 4 is 38.1 Å². The number of pyridine rings is 1. The number of hydrogen-bond donors (Lipinski definition) is 0. The summed E-state index contributed by atoms with van der Waals surface area (Å²) in [5.41, 5.74) is 15.5. The van der Waals surface area contributed by atoms with Crippen LogP contribution in [0.1, 0.15) is 22.3 Å². The van der Waals surface area contributed by atoms with Crippen LogP contribution in [0.3, 0.4) is 0 Å². The molecule has 162 valence electrons. The molecular formula is C34H21N. The van der Waals surface area contributed by atoms with Crippen LogP contribution < -0.4 is 0 Å². The molecule has 2 aliphatic carbocycles. The first-order chi connectivity index (χ1) is 17.3. The zero-order valence-corrected chi connectivity index (χ0v) is 19.2. The van der Waals surface area contributed by atoms with E-state index in [4.69, 9.17) is 0 Å². The van der Waals surface area contributed by atoms with Gasteiger partial charge < -0.3 is 4.40 Å². The van der Waals surface area contributed by atoms with Crippen molar-refractivity contribution in [2.45, 2.75) is 12.8 Å². The molecule has 0 amide bonds. The second-order valence-electron chi connectivity index (χ2n) is 10.1. The van der Waals surface area contributed by atoms with E-state index in [0.717, 1.165) is 12.8 Å². The highest BCUT2D eigenvalue weighted by Crippen LogP contribution is 2.49. The van der Waals surface area contributed by atoms with Crippen LogP contribution in [0.25, 0.3) is 60.3 Å². The first kappa shape index (κ1) is 18.0. The smallest absolute Gasteiger partial charge is 0.0547 e. The molecule has 0 unspecified atom stereocenters. The van der Waals surface area contributed by atoms with Gasteiger partial charge in [-0.1, -0.05) is 72.8 Å². The van der Waals surface area contributed by atoms with Crippen molar-refractivity contribution < 1.29 is 0 Å². The average Bonchev–Trinajstić information content (AvgIpc) is 3.58. The Morgan fingerprint density at radius 1 is 0.457 bits per heavy atom. The van der Waals surface area contributed by atoms with E-state index in [2.05, 4.69) is 108 Å². The van der Waals surface area contributed by atoms with E-state index < -0.39 is 0 Å². The van der Waals surface area contributed by atoms with Gasteiger partial charge in [-0.15, -0.1) is 0 Å². The highest BCUT2D eigenvalue weighted by Gasteiger charge is 2.29. The van der Waals surface area contributed by atoms with Gasteiger partial charge in [0.2, 0.25) is 0 Å². The molecule has 2 aromatic heterocycles. The van der Waals surface area contributed by atoms with Crippen LogP contribution in [-0.4, -0.2) is 4.40 Å². The van der Waals surface area contributed by atoms with Crippen LogP contribution in [-0.2, 0) is 12.8 Å². The van der Waals surface area contributed by atoms with E-state index in [1.807, 2.05) is 0 Å². The Morgan fingerprint density at radius 2 is 1.29 bits per heavy atom. The summed E-state index contributed by atoms with van der Waals surface area (Å²) in [6.45, 7) is 0. The normalized spacial score (nSPS) is 13.5. The number of hydrogen-bond acceptors (Lipinski definition) is 0. The Kier molecular flexibility index (Phi) is 3.19. The molecule has 1 heteroatoms. The lowest BCUT2D eigenvalue weighted by Gasteiger charge is -2.13. The minimum absolute atomic E-state index is 1.02. The monoisotopic (exact) mass is 443 g/mol. The van der Waals surface area contributed by atoms with Crippen molar-refractivity contribution in [2.75, 3.05) is 0 Å². The zero-order valence-electron chi connectivity index (χ0n) is 19.2. The predicted octanol–water partition coefficient (Wildman–Crippen LogP) is 8.54. The van der Waals surface area contributed by atoms with Gasteiger partial charge in [-0.25, -0.2) is 0 Å². The van der Waals surface area contributed by atoms with Crippen molar-refractivity contribution in [1.82, 2.24) is 4.40 Å². The van der Waals surface area contributed by atoms with E-state index >= 15 is 0 Å². The van der Waals surface area contributed by atoms with Crippen molar-refractivity contribution in [3.05, 3.63) is 125 Å². The summed E-state index contributed by atoms with van der Waals surface area (Å²) < 4.78 is 2.46. The summed E-state index contributed by atoms with van der Waals surface area (Å²) in [6.07, 6.45) is 2.06. The van der Waals surface area contributed by atoms with Crippen LogP contribution in [0, 0.1) is 0 Å². The van der Waals surface area contributed by atoms with Gasteiger partial charge in [-0.3, -0.25) is 0 Å². The summed E-state index contributed by atoms with van der Waals surface area (Å²) in [4.78, 5) is 0. The maximum atomic E-state index is 2.50. The summed E-state index contributed by atoms with van der Waals surface area (Å²) in [7, 11) is 0. The molecule has 1 nitrogen and oxygen atoms in total. The average molecular weight is 444 g/mol. The molecule has 0 spiro atoms. The van der Waals surface area contributed by atoms with Crippen LogP contribution in [0.5, 0.6) is 0 Å². The lowest BCUT2D eigenvalue weighted by molar-refractivity contribution is 1.24. The van der Waals surface area contributed by atoms with Crippen LogP contribution in [0.15, 0.2) is 103 Å². The van der Waals surface area contributed by atoms with Crippen molar-refractivity contribution in [2.24, 2.45) is 0 Å². The molecule has 2 aliphatic rings. The van der Waals surface area contributed by atoms with Crippen LogP contribution in [0.2, 0.25) is 0 Å². The molecule has 0 N–H and O–H groups in total. The van der Waals surface area contributed by atoms with Gasteiger partial charge in [0.25, 0.3) is 0 Å². The molecule has 0 radical (unpaired) electrons. The number of aromatic nitrogens is 1. The number of nitrogens with zero attached hydrogens (tertiary/aromatic N) is 1. The molecule has 0 bridgehead atoms. The topological polar surface area (TPSA) is 4.41 Å². The molecule has 0 aliphatic heterocycles. The Bertz CT molecular complexity index is 2050. The molecule has 9 rings (SSSR count). The lowest BCUT2D eigenvalue weighted by Crippen LogP contribution is -1.92. The van der Waals surface area contributed by atoms with Crippen molar-refractivity contribution in [3.63, 3.8) is 0 Å². The fourth-order valence-electron chi connectivity index (χ4n) is 6.92. The van der Waals surface area contributed by atoms with Gasteiger partial charge in [0.1, 0.15) is 0 Å². The molecule has 0 fully saturated rings. The first-order valence-corrected chi connectivity index (χ1v) is 12.5. The van der Waals surface area contributed by atoms with E-state index in [0.29, 0.717) is 0 Å². The maximum Gasteiger partial charge on any atom is 0.0547 e. The molecule has 2 heterocycles. The standard InChI is InChI=1S/C34H21N/c1-3-9-24-20(7-1)16-30-25(24)14-13-22-15-23-17-28-26-10-4-6-12-32(26)35-31-11-5-2-8-21(31)18-33(35)29(28)19-27(23)34(22)30/h1-14,17-19H,15-16H2. The van der Waals surface area contributed by atoms with Gasteiger partial charge in [0, 0.05) is 16.2 Å². The van der Waals surface area contributed by atoms with E-state index in [9.17, 15) is 0 Å². The minimum atomic E-state index is 1.02. The van der Waals surface area contributed by atoms with E-state index in [1.54, 1.807) is 0 Å². The second-order valence-corrected chi connectivity index (χ2v) is 10.1. The minimum Gasteiger partial charge on any atom is -0.309 e. The van der Waals surface area contributed by atoms with Crippen molar-refractivity contribution in [3.8, 4) is 22.3 Å². The lowest BCUT2D eigenvalue weighted by atomic mass is 9.93. The summed E-state index contributed by atoms with van der Waals surface area (Å²) in [5, 5.41) is 5.33. The van der Waals surface area contributed by atoms with E-state index in [1.165, 1.54) is 82.6 Å². The number of benzene rings is 5. The van der Waals surface area contributed by atoms with Crippen LogP contribution in [0.4, 0.5) is 0 Å². The predicted molar refractivity (Wildman–Crippen MR) is 146 cm³/mol. The second kappa shape index (κ2) is 6.20. The SMILES string of the molecule is c1ccc2c(c1)Cc1c-2ccc2c1-c1cc3c(cc1C2)c1ccccc1n1c2ccccc2cc31. The summed E-state index contributed by atoms with van der Waals surface area (Å²) >= 11 is 0. The third kappa shape index (κ3) is 2.19. The highest BCUT2D eigenvalue weighted by atomic mass is 14.9. The summed E-state index contributed by atoms with van der Waals surface area (Å²) in [5.74, 6) is 0. The zero-order chi connectivity index (χ0) is 22.7. The molecular weight excluding hydrogens is 422 g/mol. The molecule has 5 aromatic carbocycles. The van der Waals surface area contributed by atoms with E-state index in [-0.39, 0.29) is 0 Å². The Hall–Kier alpha value is -4.36. The summed E-state index contributed by atoms with van der Waals surface area (Å²) in [6, 6.07) is 38.7. The molecule has 0 saturated carbocycles. The van der Waals surface area contributed by atoms with Crippen LogP contribution >= 0.6 is 0 Å². The van der Waals surface area contributed by atoms with Gasteiger partial charge in [0.05, 0.1) is 16.6 Å². The number of rotatable bonds is 0. The number of para-hydroxylation sites is 2. The Balaban J connectivity index is 1.42. The van der Waals surface area contributed by atoms with Gasteiger partial charge in [-0.05, 0) is 93.1 Å². The molecule has 0 atom stereocenters. The maximum absolute atomic E-state index is 2.50. The Labute approximate surface area is 202 Å². The molecule has 7 aromatic rings. The quantitative estimate of drug-likeness (QED) is 0.207.